The van der Waals surface area contributed by atoms with Gasteiger partial charge in [-0.25, -0.2) is 13.1 Å². The van der Waals surface area contributed by atoms with Crippen molar-refractivity contribution in [1.82, 2.24) is 10.0 Å². The van der Waals surface area contributed by atoms with E-state index in [4.69, 9.17) is 16.3 Å². The lowest BCUT2D eigenvalue weighted by molar-refractivity contribution is 0.0939. The number of halogens is 1. The number of carbonyl (C=O) groups is 1. The van der Waals surface area contributed by atoms with E-state index in [0.29, 0.717) is 5.02 Å². The van der Waals surface area contributed by atoms with Crippen molar-refractivity contribution in [3.05, 3.63) is 58.6 Å². The summed E-state index contributed by atoms with van der Waals surface area (Å²) in [4.78, 5) is 12.4. The Bertz CT molecular complexity index is 867. The second-order valence-electron chi connectivity index (χ2n) is 5.32. The van der Waals surface area contributed by atoms with Crippen molar-refractivity contribution in [3.63, 3.8) is 0 Å². The van der Waals surface area contributed by atoms with Crippen LogP contribution < -0.4 is 14.8 Å². The number of benzene rings is 2. The predicted octanol–water partition coefficient (Wildman–Crippen LogP) is 2.75. The minimum atomic E-state index is -3.75. The zero-order valence-corrected chi connectivity index (χ0v) is 15.6. The van der Waals surface area contributed by atoms with Gasteiger partial charge in [0.2, 0.25) is 10.0 Å². The van der Waals surface area contributed by atoms with Gasteiger partial charge in [-0.3, -0.25) is 4.79 Å². The molecule has 0 aliphatic carbocycles. The SMILES string of the molecule is CNS(=O)(=O)c1cc(C(=O)N[C@@H](C)c2ccc(Cl)cc2)ccc1OC. The number of ether oxygens (including phenoxy) is 1. The number of methoxy groups -OCH3 is 1. The van der Waals surface area contributed by atoms with E-state index in [2.05, 4.69) is 10.0 Å². The Morgan fingerprint density at radius 2 is 1.80 bits per heavy atom. The highest BCUT2D eigenvalue weighted by Crippen LogP contribution is 2.25. The number of carbonyl (C=O) groups excluding carboxylic acids is 1. The number of hydrogen-bond donors (Lipinski definition) is 2. The van der Waals surface area contributed by atoms with Crippen LogP contribution in [0.5, 0.6) is 5.75 Å². The highest BCUT2D eigenvalue weighted by Gasteiger charge is 2.21. The molecule has 0 heterocycles. The van der Waals surface area contributed by atoms with Crippen molar-refractivity contribution < 1.29 is 17.9 Å². The molecular formula is C17H19ClN2O4S. The molecule has 134 valence electrons. The lowest BCUT2D eigenvalue weighted by Gasteiger charge is -2.16. The summed E-state index contributed by atoms with van der Waals surface area (Å²) in [6, 6.07) is 11.1. The number of nitrogens with one attached hydrogen (secondary N) is 2. The summed E-state index contributed by atoms with van der Waals surface area (Å²) in [5.41, 5.74) is 1.10. The molecule has 1 atom stereocenters. The van der Waals surface area contributed by atoms with Crippen LogP contribution >= 0.6 is 11.6 Å². The first-order chi connectivity index (χ1) is 11.8. The molecule has 0 saturated heterocycles. The minimum Gasteiger partial charge on any atom is -0.495 e. The monoisotopic (exact) mass is 382 g/mol. The second-order valence-corrected chi connectivity index (χ2v) is 7.61. The first-order valence-corrected chi connectivity index (χ1v) is 9.32. The molecule has 0 fully saturated rings. The Morgan fingerprint density at radius 3 is 2.36 bits per heavy atom. The lowest BCUT2D eigenvalue weighted by atomic mass is 10.1. The van der Waals surface area contributed by atoms with Gasteiger partial charge < -0.3 is 10.1 Å². The van der Waals surface area contributed by atoms with E-state index in [1.807, 2.05) is 19.1 Å². The smallest absolute Gasteiger partial charge is 0.251 e. The van der Waals surface area contributed by atoms with Gasteiger partial charge in [0.25, 0.3) is 5.91 Å². The summed E-state index contributed by atoms with van der Waals surface area (Å²) in [6.07, 6.45) is 0. The summed E-state index contributed by atoms with van der Waals surface area (Å²) in [6.45, 7) is 1.83. The summed E-state index contributed by atoms with van der Waals surface area (Å²) in [5.74, 6) is -0.227. The van der Waals surface area contributed by atoms with E-state index in [1.54, 1.807) is 12.1 Å². The van der Waals surface area contributed by atoms with Crippen molar-refractivity contribution in [3.8, 4) is 5.75 Å². The molecule has 0 bridgehead atoms. The Labute approximate surface area is 152 Å². The molecule has 1 amide bonds. The number of hydrogen-bond acceptors (Lipinski definition) is 4. The van der Waals surface area contributed by atoms with Crippen LogP contribution in [0.2, 0.25) is 5.02 Å². The molecule has 25 heavy (non-hydrogen) atoms. The van der Waals surface area contributed by atoms with E-state index in [-0.39, 0.29) is 22.3 Å². The summed E-state index contributed by atoms with van der Waals surface area (Å²) >= 11 is 5.86. The molecule has 0 aromatic heterocycles. The van der Waals surface area contributed by atoms with Crippen LogP contribution in [0.1, 0.15) is 28.9 Å². The van der Waals surface area contributed by atoms with Crippen LogP contribution in [0.4, 0.5) is 0 Å². The fraction of sp³-hybridized carbons (Fsp3) is 0.235. The van der Waals surface area contributed by atoms with Gasteiger partial charge in [0.05, 0.1) is 13.2 Å². The minimum absolute atomic E-state index is 0.0932. The maximum Gasteiger partial charge on any atom is 0.251 e. The van der Waals surface area contributed by atoms with Gasteiger partial charge in [-0.05, 0) is 49.9 Å². The maximum atomic E-state index is 12.5. The van der Waals surface area contributed by atoms with E-state index in [1.165, 1.54) is 32.4 Å². The van der Waals surface area contributed by atoms with Gasteiger partial charge in [-0.15, -0.1) is 0 Å². The van der Waals surface area contributed by atoms with Crippen molar-refractivity contribution >= 4 is 27.5 Å². The number of rotatable bonds is 6. The van der Waals surface area contributed by atoms with E-state index in [0.717, 1.165) is 5.56 Å². The highest BCUT2D eigenvalue weighted by molar-refractivity contribution is 7.89. The van der Waals surface area contributed by atoms with Crippen LogP contribution in [0.25, 0.3) is 0 Å². The zero-order chi connectivity index (χ0) is 18.6. The standard InChI is InChI=1S/C17H19ClN2O4S/c1-11(12-4-7-14(18)8-5-12)20-17(21)13-6-9-15(24-3)16(10-13)25(22,23)19-2/h4-11,19H,1-3H3,(H,20,21)/t11-/m0/s1. The Morgan fingerprint density at radius 1 is 1.16 bits per heavy atom. The van der Waals surface area contributed by atoms with Gasteiger partial charge >= 0.3 is 0 Å². The van der Waals surface area contributed by atoms with Crippen LogP contribution in [-0.2, 0) is 10.0 Å². The van der Waals surface area contributed by atoms with Gasteiger partial charge in [0, 0.05) is 10.6 Å². The third-order valence-electron chi connectivity index (χ3n) is 3.70. The average molecular weight is 383 g/mol. The molecule has 0 spiro atoms. The Balaban J connectivity index is 2.27. The molecule has 0 saturated carbocycles. The van der Waals surface area contributed by atoms with Crippen LogP contribution in [0.3, 0.4) is 0 Å². The maximum absolute atomic E-state index is 12.5. The zero-order valence-electron chi connectivity index (χ0n) is 14.0. The molecular weight excluding hydrogens is 364 g/mol. The summed E-state index contributed by atoms with van der Waals surface area (Å²) in [5, 5.41) is 3.44. The van der Waals surface area contributed by atoms with Crippen LogP contribution in [0.15, 0.2) is 47.4 Å². The molecule has 6 nitrogen and oxygen atoms in total. The first-order valence-electron chi connectivity index (χ1n) is 7.46. The van der Waals surface area contributed by atoms with Gasteiger partial charge in [-0.1, -0.05) is 23.7 Å². The van der Waals surface area contributed by atoms with Crippen LogP contribution in [0, 0.1) is 0 Å². The second kappa shape index (κ2) is 7.86. The highest BCUT2D eigenvalue weighted by atomic mass is 35.5. The molecule has 2 N–H and O–H groups in total. The molecule has 2 aromatic rings. The van der Waals surface area contributed by atoms with Gasteiger partial charge in [0.1, 0.15) is 10.6 Å². The average Bonchev–Trinajstić information content (AvgIpc) is 2.61. The predicted molar refractivity (Wildman–Crippen MR) is 96.6 cm³/mol. The van der Waals surface area contributed by atoms with Crippen molar-refractivity contribution in [1.29, 1.82) is 0 Å². The van der Waals surface area contributed by atoms with E-state index < -0.39 is 15.9 Å². The molecule has 0 unspecified atom stereocenters. The van der Waals surface area contributed by atoms with Crippen molar-refractivity contribution in [2.45, 2.75) is 17.9 Å². The summed E-state index contributed by atoms with van der Waals surface area (Å²) in [7, 11) is -1.09. The van der Waals surface area contributed by atoms with Gasteiger partial charge in [0.15, 0.2) is 0 Å². The quantitative estimate of drug-likeness (QED) is 0.804. The molecule has 0 aliphatic rings. The van der Waals surface area contributed by atoms with Gasteiger partial charge in [-0.2, -0.15) is 0 Å². The number of amides is 1. The fourth-order valence-electron chi connectivity index (χ4n) is 2.25. The third kappa shape index (κ3) is 4.50. The third-order valence-corrected chi connectivity index (χ3v) is 5.39. The molecule has 0 radical (unpaired) electrons. The fourth-order valence-corrected chi connectivity index (χ4v) is 3.30. The topological polar surface area (TPSA) is 84.5 Å². The molecule has 0 aliphatic heterocycles. The van der Waals surface area contributed by atoms with Crippen molar-refractivity contribution in [2.24, 2.45) is 0 Å². The summed E-state index contributed by atoms with van der Waals surface area (Å²) < 4.78 is 31.5. The largest absolute Gasteiger partial charge is 0.495 e. The first kappa shape index (κ1) is 19.2. The Hall–Kier alpha value is -2.09. The molecule has 8 heteroatoms. The molecule has 2 aromatic carbocycles. The lowest BCUT2D eigenvalue weighted by Crippen LogP contribution is -2.27. The van der Waals surface area contributed by atoms with E-state index >= 15 is 0 Å². The van der Waals surface area contributed by atoms with Crippen molar-refractivity contribution in [2.75, 3.05) is 14.2 Å². The van der Waals surface area contributed by atoms with E-state index in [9.17, 15) is 13.2 Å². The van der Waals surface area contributed by atoms with Crippen LogP contribution in [-0.4, -0.2) is 28.5 Å². The normalized spacial score (nSPS) is 12.5. The Kier molecular flexibility index (Phi) is 6.05. The molecule has 2 rings (SSSR count). The number of sulfonamides is 1.